The van der Waals surface area contributed by atoms with Crippen LogP contribution in [-0.2, 0) is 6.61 Å². The number of benzene rings is 1. The molecule has 0 aliphatic carbocycles. The highest BCUT2D eigenvalue weighted by Gasteiger charge is 2.07. The number of hydrogen-bond acceptors (Lipinski definition) is 7. The van der Waals surface area contributed by atoms with E-state index in [0.29, 0.717) is 11.4 Å². The Morgan fingerprint density at radius 2 is 2.00 bits per heavy atom. The van der Waals surface area contributed by atoms with E-state index in [2.05, 4.69) is 19.9 Å². The van der Waals surface area contributed by atoms with E-state index in [1.807, 2.05) is 0 Å². The second-order valence-electron chi connectivity index (χ2n) is 4.60. The maximum absolute atomic E-state index is 11.8. The van der Waals surface area contributed by atoms with E-state index in [1.165, 1.54) is 30.5 Å². The molecule has 9 heteroatoms. The lowest BCUT2D eigenvalue weighted by molar-refractivity contribution is 0.0697. The third-order valence-corrected chi connectivity index (χ3v) is 2.97. The number of carboxylic acids is 1. The van der Waals surface area contributed by atoms with E-state index < -0.39 is 11.5 Å². The Kier molecular flexibility index (Phi) is 3.59. The minimum absolute atomic E-state index is 0.0284. The molecule has 3 rings (SSSR count). The highest BCUT2D eigenvalue weighted by Crippen LogP contribution is 2.14. The maximum atomic E-state index is 11.8. The predicted octanol–water partition coefficient (Wildman–Crippen LogP) is 0.573. The van der Waals surface area contributed by atoms with Gasteiger partial charge in [0.15, 0.2) is 11.2 Å². The number of hydrogen-bond donors (Lipinski definition) is 3. The van der Waals surface area contributed by atoms with Crippen molar-refractivity contribution in [2.24, 2.45) is 0 Å². The zero-order chi connectivity index (χ0) is 16.4. The van der Waals surface area contributed by atoms with Gasteiger partial charge in [-0.05, 0) is 24.3 Å². The van der Waals surface area contributed by atoms with Crippen LogP contribution in [0.3, 0.4) is 0 Å². The number of carboxylic acid groups (broad SMARTS) is 1. The molecule has 1 aromatic carbocycles. The van der Waals surface area contributed by atoms with Crippen LogP contribution >= 0.6 is 0 Å². The standard InChI is InChI=1S/C14H11N5O4/c15-14-18-11-10(12(20)19-14)17-8(5-16-11)6-23-9-3-1-7(2-4-9)13(21)22/h1-5H,6H2,(H,21,22)(H3,15,16,18,19,20). The molecule has 0 aliphatic heterocycles. The molecule has 0 atom stereocenters. The average Bonchev–Trinajstić information content (AvgIpc) is 2.53. The number of fused-ring (bicyclic) bond motifs is 1. The number of aromatic nitrogens is 4. The Morgan fingerprint density at radius 1 is 1.26 bits per heavy atom. The molecule has 0 saturated carbocycles. The van der Waals surface area contributed by atoms with Gasteiger partial charge in [-0.2, -0.15) is 4.98 Å². The molecule has 0 saturated heterocycles. The number of nitrogen functional groups attached to an aromatic ring is 1. The zero-order valence-corrected chi connectivity index (χ0v) is 11.7. The van der Waals surface area contributed by atoms with Gasteiger partial charge >= 0.3 is 5.97 Å². The molecular formula is C14H11N5O4. The summed E-state index contributed by atoms with van der Waals surface area (Å²) in [5.41, 5.74) is 5.77. The number of ether oxygens (including phenoxy) is 1. The summed E-state index contributed by atoms with van der Waals surface area (Å²) < 4.78 is 5.49. The Labute approximate surface area is 128 Å². The summed E-state index contributed by atoms with van der Waals surface area (Å²) in [6, 6.07) is 5.93. The third-order valence-electron chi connectivity index (χ3n) is 2.97. The molecule has 0 bridgehead atoms. The largest absolute Gasteiger partial charge is 0.487 e. The molecule has 116 valence electrons. The fourth-order valence-electron chi connectivity index (χ4n) is 1.89. The fourth-order valence-corrected chi connectivity index (χ4v) is 1.89. The first kappa shape index (κ1) is 14.4. The van der Waals surface area contributed by atoms with Crippen molar-refractivity contribution in [1.82, 2.24) is 19.9 Å². The van der Waals surface area contributed by atoms with Gasteiger partial charge in [-0.25, -0.2) is 14.8 Å². The van der Waals surface area contributed by atoms with Crippen LogP contribution in [0.5, 0.6) is 5.75 Å². The first-order valence-corrected chi connectivity index (χ1v) is 6.50. The van der Waals surface area contributed by atoms with Crippen molar-refractivity contribution in [2.75, 3.05) is 5.73 Å². The lowest BCUT2D eigenvalue weighted by Gasteiger charge is -2.06. The van der Waals surface area contributed by atoms with Gasteiger partial charge in [-0.1, -0.05) is 0 Å². The summed E-state index contributed by atoms with van der Waals surface area (Å²) >= 11 is 0. The lowest BCUT2D eigenvalue weighted by atomic mass is 10.2. The van der Waals surface area contributed by atoms with Crippen LogP contribution in [0.2, 0.25) is 0 Å². The van der Waals surface area contributed by atoms with Crippen molar-refractivity contribution in [2.45, 2.75) is 6.61 Å². The SMILES string of the molecule is Nc1nc2ncc(COc3ccc(C(=O)O)cc3)nc2c(=O)[nH]1. The molecule has 2 heterocycles. The van der Waals surface area contributed by atoms with E-state index in [9.17, 15) is 9.59 Å². The van der Waals surface area contributed by atoms with Crippen molar-refractivity contribution in [3.8, 4) is 5.75 Å². The van der Waals surface area contributed by atoms with Gasteiger partial charge in [0.2, 0.25) is 5.95 Å². The molecule has 4 N–H and O–H groups in total. The first-order valence-electron chi connectivity index (χ1n) is 6.50. The fraction of sp³-hybridized carbons (Fsp3) is 0.0714. The molecule has 9 nitrogen and oxygen atoms in total. The molecular weight excluding hydrogens is 302 g/mol. The number of nitrogens with two attached hydrogens (primary N) is 1. The number of rotatable bonds is 4. The van der Waals surface area contributed by atoms with Crippen LogP contribution in [0.25, 0.3) is 11.2 Å². The Hall–Kier alpha value is -3.49. The number of nitrogens with zero attached hydrogens (tertiary/aromatic N) is 3. The molecule has 0 unspecified atom stereocenters. The Bertz CT molecular complexity index is 936. The molecule has 0 fully saturated rings. The summed E-state index contributed by atoms with van der Waals surface area (Å²) in [6.07, 6.45) is 1.43. The van der Waals surface area contributed by atoms with E-state index in [4.69, 9.17) is 15.6 Å². The van der Waals surface area contributed by atoms with Crippen LogP contribution in [0, 0.1) is 0 Å². The number of carbonyl (C=O) groups is 1. The average molecular weight is 313 g/mol. The quantitative estimate of drug-likeness (QED) is 0.634. The lowest BCUT2D eigenvalue weighted by Crippen LogP contribution is -2.14. The highest BCUT2D eigenvalue weighted by atomic mass is 16.5. The summed E-state index contributed by atoms with van der Waals surface area (Å²) in [6.45, 7) is 0.0686. The molecule has 0 aliphatic rings. The maximum Gasteiger partial charge on any atom is 0.335 e. The van der Waals surface area contributed by atoms with Crippen LogP contribution in [0.4, 0.5) is 5.95 Å². The molecule has 0 radical (unpaired) electrons. The summed E-state index contributed by atoms with van der Waals surface area (Å²) in [5.74, 6) is -0.566. The van der Waals surface area contributed by atoms with E-state index >= 15 is 0 Å². The summed E-state index contributed by atoms with van der Waals surface area (Å²) in [7, 11) is 0. The van der Waals surface area contributed by atoms with Crippen LogP contribution < -0.4 is 16.0 Å². The number of anilines is 1. The Balaban J connectivity index is 1.79. The van der Waals surface area contributed by atoms with E-state index in [-0.39, 0.29) is 29.3 Å². The number of H-pyrrole nitrogens is 1. The van der Waals surface area contributed by atoms with E-state index in [1.54, 1.807) is 0 Å². The van der Waals surface area contributed by atoms with Crippen molar-refractivity contribution in [1.29, 1.82) is 0 Å². The van der Waals surface area contributed by atoms with Crippen LogP contribution in [0.15, 0.2) is 35.3 Å². The number of aromatic amines is 1. The van der Waals surface area contributed by atoms with Crippen molar-refractivity contribution < 1.29 is 14.6 Å². The summed E-state index contributed by atoms with van der Waals surface area (Å²) in [4.78, 5) is 36.9. The molecule has 3 aromatic rings. The van der Waals surface area contributed by atoms with Crippen molar-refractivity contribution >= 4 is 23.1 Å². The number of nitrogens with one attached hydrogen (secondary N) is 1. The monoisotopic (exact) mass is 313 g/mol. The van der Waals surface area contributed by atoms with Crippen LogP contribution in [0.1, 0.15) is 16.1 Å². The van der Waals surface area contributed by atoms with Gasteiger partial charge in [0.05, 0.1) is 17.5 Å². The van der Waals surface area contributed by atoms with Gasteiger partial charge in [-0.15, -0.1) is 0 Å². The van der Waals surface area contributed by atoms with Crippen LogP contribution in [-0.4, -0.2) is 31.0 Å². The van der Waals surface area contributed by atoms with E-state index in [0.717, 1.165) is 0 Å². The summed E-state index contributed by atoms with van der Waals surface area (Å²) in [5, 5.41) is 8.82. The first-order chi connectivity index (χ1) is 11.0. The van der Waals surface area contributed by atoms with Gasteiger partial charge in [0.25, 0.3) is 5.56 Å². The second-order valence-corrected chi connectivity index (χ2v) is 4.60. The second kappa shape index (κ2) is 5.72. The minimum atomic E-state index is -1.01. The van der Waals surface area contributed by atoms with Gasteiger partial charge in [-0.3, -0.25) is 9.78 Å². The molecule has 0 amide bonds. The number of aromatic carboxylic acids is 1. The zero-order valence-electron chi connectivity index (χ0n) is 11.7. The smallest absolute Gasteiger partial charge is 0.335 e. The van der Waals surface area contributed by atoms with Gasteiger partial charge in [0, 0.05) is 0 Å². The predicted molar refractivity (Wildman–Crippen MR) is 80.1 cm³/mol. The van der Waals surface area contributed by atoms with Crippen molar-refractivity contribution in [3.63, 3.8) is 0 Å². The minimum Gasteiger partial charge on any atom is -0.487 e. The normalized spacial score (nSPS) is 10.6. The molecule has 2 aromatic heterocycles. The topological polar surface area (TPSA) is 144 Å². The third kappa shape index (κ3) is 3.07. The molecule has 0 spiro atoms. The highest BCUT2D eigenvalue weighted by molar-refractivity contribution is 5.87. The Morgan fingerprint density at radius 3 is 2.70 bits per heavy atom. The van der Waals surface area contributed by atoms with Gasteiger partial charge in [0.1, 0.15) is 12.4 Å². The molecule has 23 heavy (non-hydrogen) atoms. The van der Waals surface area contributed by atoms with Gasteiger partial charge < -0.3 is 15.6 Å². The van der Waals surface area contributed by atoms with Crippen molar-refractivity contribution in [3.05, 3.63) is 52.1 Å².